The zero-order valence-electron chi connectivity index (χ0n) is 8.67. The van der Waals surface area contributed by atoms with Gasteiger partial charge >= 0.3 is 0 Å². The van der Waals surface area contributed by atoms with Crippen molar-refractivity contribution in [1.82, 2.24) is 9.88 Å². The van der Waals surface area contributed by atoms with Crippen molar-refractivity contribution in [2.75, 3.05) is 0 Å². The Morgan fingerprint density at radius 3 is 2.77 bits per heavy atom. The molecule has 1 fully saturated rings. The van der Waals surface area contributed by atoms with Crippen molar-refractivity contribution < 1.29 is 0 Å². The van der Waals surface area contributed by atoms with E-state index in [1.165, 1.54) is 12.0 Å². The third kappa shape index (κ3) is 1.94. The summed E-state index contributed by atoms with van der Waals surface area (Å²) in [7, 11) is 2.06. The van der Waals surface area contributed by atoms with Gasteiger partial charge in [0, 0.05) is 32.0 Å². The molecule has 2 rings (SSSR count). The Kier molecular flexibility index (Phi) is 1.95. The summed E-state index contributed by atoms with van der Waals surface area (Å²) in [6.07, 6.45) is 5.58. The summed E-state index contributed by atoms with van der Waals surface area (Å²) in [6.45, 7) is 5.64. The zero-order chi connectivity index (χ0) is 9.47. The molecule has 2 nitrogen and oxygen atoms in total. The molecule has 1 N–H and O–H groups in total. The standard InChI is InChI=1S/C11H18N2/c1-11(2)6-10(11)12-7-9-4-5-13(3)8-9/h4-5,8,10,12H,6-7H2,1-3H3. The normalized spacial score (nSPS) is 24.7. The number of rotatable bonds is 3. The zero-order valence-corrected chi connectivity index (χ0v) is 8.67. The van der Waals surface area contributed by atoms with Crippen LogP contribution in [-0.2, 0) is 13.6 Å². The summed E-state index contributed by atoms with van der Waals surface area (Å²) in [5, 5.41) is 3.56. The first-order chi connectivity index (χ1) is 6.08. The fraction of sp³-hybridized carbons (Fsp3) is 0.636. The fourth-order valence-electron chi connectivity index (χ4n) is 1.72. The van der Waals surface area contributed by atoms with Crippen molar-refractivity contribution in [1.29, 1.82) is 0 Å². The molecule has 1 heterocycles. The molecule has 1 aliphatic rings. The highest BCUT2D eigenvalue weighted by molar-refractivity contribution is 5.11. The molecule has 72 valence electrons. The van der Waals surface area contributed by atoms with E-state index in [9.17, 15) is 0 Å². The average Bonchev–Trinajstić information content (AvgIpc) is 2.45. The quantitative estimate of drug-likeness (QED) is 0.748. The molecular formula is C11H18N2. The molecule has 0 saturated heterocycles. The molecule has 1 aromatic heterocycles. The van der Waals surface area contributed by atoms with Gasteiger partial charge in [0.2, 0.25) is 0 Å². The number of aromatic nitrogens is 1. The average molecular weight is 178 g/mol. The van der Waals surface area contributed by atoms with Gasteiger partial charge in [-0.2, -0.15) is 0 Å². The van der Waals surface area contributed by atoms with Gasteiger partial charge in [-0.3, -0.25) is 0 Å². The highest BCUT2D eigenvalue weighted by atomic mass is 15.0. The first-order valence-corrected chi connectivity index (χ1v) is 4.92. The van der Waals surface area contributed by atoms with Crippen LogP contribution < -0.4 is 5.32 Å². The molecule has 1 unspecified atom stereocenters. The summed E-state index contributed by atoms with van der Waals surface area (Å²) in [4.78, 5) is 0. The van der Waals surface area contributed by atoms with Crippen LogP contribution in [-0.4, -0.2) is 10.6 Å². The van der Waals surface area contributed by atoms with E-state index in [0.717, 1.165) is 12.6 Å². The number of aryl methyl sites for hydroxylation is 1. The lowest BCUT2D eigenvalue weighted by atomic mass is 10.2. The van der Waals surface area contributed by atoms with Crippen LogP contribution in [0.1, 0.15) is 25.8 Å². The minimum Gasteiger partial charge on any atom is -0.357 e. The summed E-state index contributed by atoms with van der Waals surface area (Å²) < 4.78 is 2.09. The molecule has 0 bridgehead atoms. The summed E-state index contributed by atoms with van der Waals surface area (Å²) in [6, 6.07) is 2.90. The first-order valence-electron chi connectivity index (χ1n) is 4.92. The van der Waals surface area contributed by atoms with E-state index in [1.54, 1.807) is 0 Å². The Bertz CT molecular complexity index is 299. The summed E-state index contributed by atoms with van der Waals surface area (Å²) in [5.41, 5.74) is 1.92. The SMILES string of the molecule is Cn1ccc(CNC2CC2(C)C)c1. The van der Waals surface area contributed by atoms with Crippen LogP contribution >= 0.6 is 0 Å². The maximum Gasteiger partial charge on any atom is 0.0223 e. The fourth-order valence-corrected chi connectivity index (χ4v) is 1.72. The van der Waals surface area contributed by atoms with E-state index in [-0.39, 0.29) is 0 Å². The van der Waals surface area contributed by atoms with Gasteiger partial charge in [-0.05, 0) is 23.5 Å². The van der Waals surface area contributed by atoms with Gasteiger partial charge in [0.25, 0.3) is 0 Å². The van der Waals surface area contributed by atoms with Gasteiger partial charge in [-0.25, -0.2) is 0 Å². The molecule has 0 spiro atoms. The third-order valence-electron chi connectivity index (χ3n) is 2.96. The molecule has 1 aromatic rings. The van der Waals surface area contributed by atoms with Gasteiger partial charge in [-0.15, -0.1) is 0 Å². The van der Waals surface area contributed by atoms with Crippen molar-refractivity contribution in [3.63, 3.8) is 0 Å². The number of nitrogens with one attached hydrogen (secondary N) is 1. The lowest BCUT2D eigenvalue weighted by molar-refractivity contribution is 0.542. The Morgan fingerprint density at radius 1 is 1.62 bits per heavy atom. The predicted molar refractivity (Wildman–Crippen MR) is 54.4 cm³/mol. The van der Waals surface area contributed by atoms with Gasteiger partial charge in [-0.1, -0.05) is 13.8 Å². The molecule has 0 aromatic carbocycles. The number of hydrogen-bond donors (Lipinski definition) is 1. The number of hydrogen-bond acceptors (Lipinski definition) is 1. The molecule has 1 atom stereocenters. The minimum absolute atomic E-state index is 0.536. The van der Waals surface area contributed by atoms with Crippen LogP contribution in [0.2, 0.25) is 0 Å². The van der Waals surface area contributed by atoms with E-state index < -0.39 is 0 Å². The Hall–Kier alpha value is -0.760. The van der Waals surface area contributed by atoms with Crippen molar-refractivity contribution in [3.05, 3.63) is 24.0 Å². The summed E-state index contributed by atoms with van der Waals surface area (Å²) in [5.74, 6) is 0. The van der Waals surface area contributed by atoms with Crippen LogP contribution in [0.5, 0.6) is 0 Å². The molecule has 13 heavy (non-hydrogen) atoms. The molecular weight excluding hydrogens is 160 g/mol. The molecule has 2 heteroatoms. The van der Waals surface area contributed by atoms with Crippen molar-refractivity contribution in [2.24, 2.45) is 12.5 Å². The van der Waals surface area contributed by atoms with Crippen LogP contribution in [0.15, 0.2) is 18.5 Å². The maximum absolute atomic E-state index is 3.56. The van der Waals surface area contributed by atoms with Crippen LogP contribution in [0.3, 0.4) is 0 Å². The molecule has 0 aliphatic heterocycles. The lowest BCUT2D eigenvalue weighted by Gasteiger charge is -2.04. The van der Waals surface area contributed by atoms with E-state index in [2.05, 4.69) is 49.2 Å². The van der Waals surface area contributed by atoms with Crippen molar-refractivity contribution in [3.8, 4) is 0 Å². The minimum atomic E-state index is 0.536. The van der Waals surface area contributed by atoms with Crippen LogP contribution in [0, 0.1) is 5.41 Å². The van der Waals surface area contributed by atoms with E-state index >= 15 is 0 Å². The summed E-state index contributed by atoms with van der Waals surface area (Å²) >= 11 is 0. The van der Waals surface area contributed by atoms with Crippen LogP contribution in [0.25, 0.3) is 0 Å². The first kappa shape index (κ1) is 8.82. The predicted octanol–water partition coefficient (Wildman–Crippen LogP) is 1.91. The van der Waals surface area contributed by atoms with Gasteiger partial charge in [0.05, 0.1) is 0 Å². The number of nitrogens with zero attached hydrogens (tertiary/aromatic N) is 1. The second-order valence-electron chi connectivity index (χ2n) is 4.81. The second-order valence-corrected chi connectivity index (χ2v) is 4.81. The van der Waals surface area contributed by atoms with Gasteiger partial charge in [0.15, 0.2) is 0 Å². The maximum atomic E-state index is 3.56. The van der Waals surface area contributed by atoms with E-state index in [4.69, 9.17) is 0 Å². The lowest BCUT2D eigenvalue weighted by Crippen LogP contribution is -2.19. The Labute approximate surface area is 79.9 Å². The van der Waals surface area contributed by atoms with Crippen molar-refractivity contribution in [2.45, 2.75) is 32.9 Å². The smallest absolute Gasteiger partial charge is 0.0223 e. The van der Waals surface area contributed by atoms with E-state index in [0.29, 0.717) is 5.41 Å². The molecule has 1 aliphatic carbocycles. The molecule has 0 radical (unpaired) electrons. The monoisotopic (exact) mass is 178 g/mol. The van der Waals surface area contributed by atoms with Crippen molar-refractivity contribution >= 4 is 0 Å². The largest absolute Gasteiger partial charge is 0.357 e. The highest BCUT2D eigenvalue weighted by Crippen LogP contribution is 2.44. The Morgan fingerprint density at radius 2 is 2.31 bits per heavy atom. The van der Waals surface area contributed by atoms with Gasteiger partial charge in [0.1, 0.15) is 0 Å². The molecule has 0 amide bonds. The second kappa shape index (κ2) is 2.88. The van der Waals surface area contributed by atoms with E-state index in [1.807, 2.05) is 0 Å². The molecule has 1 saturated carbocycles. The van der Waals surface area contributed by atoms with Gasteiger partial charge < -0.3 is 9.88 Å². The topological polar surface area (TPSA) is 17.0 Å². The highest BCUT2D eigenvalue weighted by Gasteiger charge is 2.44. The van der Waals surface area contributed by atoms with Crippen LogP contribution in [0.4, 0.5) is 0 Å². The third-order valence-corrected chi connectivity index (χ3v) is 2.96. The Balaban J connectivity index is 1.81.